The zero-order valence-corrected chi connectivity index (χ0v) is 9.42. The summed E-state index contributed by atoms with van der Waals surface area (Å²) in [6, 6.07) is 5.75. The van der Waals surface area contributed by atoms with E-state index >= 15 is 0 Å². The second kappa shape index (κ2) is 4.63. The summed E-state index contributed by atoms with van der Waals surface area (Å²) in [5.74, 6) is 0.0290. The van der Waals surface area contributed by atoms with Crippen molar-refractivity contribution in [2.75, 3.05) is 18.4 Å². The first-order valence-electron chi connectivity index (χ1n) is 5.58. The van der Waals surface area contributed by atoms with E-state index in [4.69, 9.17) is 5.73 Å². The van der Waals surface area contributed by atoms with Crippen molar-refractivity contribution in [1.82, 2.24) is 5.32 Å². The van der Waals surface area contributed by atoms with Crippen LogP contribution in [-0.2, 0) is 4.79 Å². The summed E-state index contributed by atoms with van der Waals surface area (Å²) in [7, 11) is 0. The van der Waals surface area contributed by atoms with Crippen molar-refractivity contribution in [3.8, 4) is 0 Å². The Hall–Kier alpha value is -1.39. The van der Waals surface area contributed by atoms with Crippen LogP contribution in [0.1, 0.15) is 23.6 Å². The van der Waals surface area contributed by atoms with Crippen molar-refractivity contribution in [3.05, 3.63) is 29.3 Å². The molecule has 0 bridgehead atoms. The van der Waals surface area contributed by atoms with Crippen LogP contribution in [0.5, 0.6) is 0 Å². The molecule has 1 amide bonds. The predicted molar refractivity (Wildman–Crippen MR) is 64.2 cm³/mol. The highest BCUT2D eigenvalue weighted by Crippen LogP contribution is 2.32. The Morgan fingerprint density at radius 2 is 2.31 bits per heavy atom. The van der Waals surface area contributed by atoms with Crippen LogP contribution in [0.25, 0.3) is 0 Å². The molecule has 1 unspecified atom stereocenters. The summed E-state index contributed by atoms with van der Waals surface area (Å²) in [5.41, 5.74) is 8.53. The third kappa shape index (κ3) is 1.94. The van der Waals surface area contributed by atoms with Gasteiger partial charge in [0.05, 0.1) is 0 Å². The van der Waals surface area contributed by atoms with Crippen LogP contribution in [-0.4, -0.2) is 19.0 Å². The normalized spacial score (nSPS) is 18.4. The largest absolute Gasteiger partial charge is 0.330 e. The summed E-state index contributed by atoms with van der Waals surface area (Å²) in [5, 5.41) is 6.13. The van der Waals surface area contributed by atoms with E-state index in [2.05, 4.69) is 10.6 Å². The molecule has 2 rings (SSSR count). The van der Waals surface area contributed by atoms with Crippen molar-refractivity contribution in [3.63, 3.8) is 0 Å². The highest BCUT2D eigenvalue weighted by molar-refractivity contribution is 6.03. The van der Waals surface area contributed by atoms with Gasteiger partial charge in [-0.3, -0.25) is 4.79 Å². The summed E-state index contributed by atoms with van der Waals surface area (Å²) in [4.78, 5) is 11.8. The van der Waals surface area contributed by atoms with Gasteiger partial charge in [-0.25, -0.2) is 0 Å². The van der Waals surface area contributed by atoms with Crippen LogP contribution in [0.15, 0.2) is 18.2 Å². The lowest BCUT2D eigenvalue weighted by atomic mass is 10.1. The molecule has 4 heteroatoms. The molecule has 0 aliphatic carbocycles. The number of aryl methyl sites for hydroxylation is 1. The van der Waals surface area contributed by atoms with Crippen molar-refractivity contribution in [2.45, 2.75) is 19.4 Å². The van der Waals surface area contributed by atoms with Crippen LogP contribution < -0.4 is 16.4 Å². The quantitative estimate of drug-likeness (QED) is 0.660. The molecule has 1 aliphatic rings. The molecular weight excluding hydrogens is 202 g/mol. The van der Waals surface area contributed by atoms with Gasteiger partial charge < -0.3 is 16.4 Å². The number of carbonyl (C=O) groups excluding carboxylic acids is 1. The Bertz CT molecular complexity index is 403. The third-order valence-corrected chi connectivity index (χ3v) is 2.86. The van der Waals surface area contributed by atoms with Crippen molar-refractivity contribution in [1.29, 1.82) is 0 Å². The van der Waals surface area contributed by atoms with Gasteiger partial charge in [-0.05, 0) is 32.0 Å². The zero-order valence-electron chi connectivity index (χ0n) is 9.42. The molecule has 0 aromatic heterocycles. The second-order valence-corrected chi connectivity index (χ2v) is 4.06. The fourth-order valence-electron chi connectivity index (χ4n) is 1.99. The number of rotatable bonds is 4. The van der Waals surface area contributed by atoms with E-state index in [0.29, 0.717) is 6.54 Å². The van der Waals surface area contributed by atoms with Crippen LogP contribution in [0.3, 0.4) is 0 Å². The number of nitrogens with one attached hydrogen (secondary N) is 2. The van der Waals surface area contributed by atoms with Gasteiger partial charge in [-0.15, -0.1) is 0 Å². The molecule has 86 valence electrons. The summed E-state index contributed by atoms with van der Waals surface area (Å²) >= 11 is 0. The number of fused-ring (bicyclic) bond motifs is 1. The summed E-state index contributed by atoms with van der Waals surface area (Å²) < 4.78 is 0. The van der Waals surface area contributed by atoms with Crippen LogP contribution in [0.2, 0.25) is 0 Å². The SMILES string of the molecule is Cc1cccc2c1NC(=O)C2NCCCN. The lowest BCUT2D eigenvalue weighted by Gasteiger charge is -2.10. The first-order valence-corrected chi connectivity index (χ1v) is 5.58. The molecule has 4 nitrogen and oxygen atoms in total. The molecule has 1 atom stereocenters. The average molecular weight is 219 g/mol. The first-order chi connectivity index (χ1) is 7.74. The highest BCUT2D eigenvalue weighted by Gasteiger charge is 2.30. The Morgan fingerprint density at radius 1 is 1.50 bits per heavy atom. The van der Waals surface area contributed by atoms with Gasteiger partial charge >= 0.3 is 0 Å². The van der Waals surface area contributed by atoms with E-state index in [1.807, 2.05) is 25.1 Å². The molecular formula is C12H17N3O. The van der Waals surface area contributed by atoms with E-state index in [1.165, 1.54) is 0 Å². The van der Waals surface area contributed by atoms with Gasteiger partial charge in [-0.2, -0.15) is 0 Å². The number of hydrogen-bond donors (Lipinski definition) is 3. The first kappa shape index (κ1) is 11.1. The average Bonchev–Trinajstić information content (AvgIpc) is 2.58. The predicted octanol–water partition coefficient (Wildman–Crippen LogP) is 0.927. The molecule has 1 aromatic carbocycles. The maximum absolute atomic E-state index is 11.8. The number of carbonyl (C=O) groups is 1. The standard InChI is InChI=1S/C12H17N3O/c1-8-4-2-5-9-10(8)15-12(16)11(9)14-7-3-6-13/h2,4-5,11,14H,3,6-7,13H2,1H3,(H,15,16). The number of anilines is 1. The lowest BCUT2D eigenvalue weighted by molar-refractivity contribution is -0.117. The minimum absolute atomic E-state index is 0.0290. The Morgan fingerprint density at radius 3 is 3.06 bits per heavy atom. The molecule has 1 heterocycles. The molecule has 0 fully saturated rings. The molecule has 0 saturated carbocycles. The Balaban J connectivity index is 2.16. The maximum atomic E-state index is 11.8. The van der Waals surface area contributed by atoms with E-state index in [1.54, 1.807) is 0 Å². The smallest absolute Gasteiger partial charge is 0.246 e. The monoisotopic (exact) mass is 219 g/mol. The van der Waals surface area contributed by atoms with Gasteiger partial charge in [0, 0.05) is 11.3 Å². The number of para-hydroxylation sites is 1. The molecule has 4 N–H and O–H groups in total. The number of amides is 1. The molecule has 16 heavy (non-hydrogen) atoms. The third-order valence-electron chi connectivity index (χ3n) is 2.86. The van der Waals surface area contributed by atoms with Gasteiger partial charge in [0.25, 0.3) is 0 Å². The maximum Gasteiger partial charge on any atom is 0.246 e. The lowest BCUT2D eigenvalue weighted by Crippen LogP contribution is -2.29. The second-order valence-electron chi connectivity index (χ2n) is 4.06. The Labute approximate surface area is 95.2 Å². The summed E-state index contributed by atoms with van der Waals surface area (Å²) in [6.45, 7) is 3.41. The highest BCUT2D eigenvalue weighted by atomic mass is 16.2. The number of nitrogens with two attached hydrogens (primary N) is 1. The fraction of sp³-hybridized carbons (Fsp3) is 0.417. The van der Waals surface area contributed by atoms with E-state index < -0.39 is 0 Å². The summed E-state index contributed by atoms with van der Waals surface area (Å²) in [6.07, 6.45) is 0.880. The molecule has 0 saturated heterocycles. The van der Waals surface area contributed by atoms with Crippen LogP contribution in [0, 0.1) is 6.92 Å². The van der Waals surface area contributed by atoms with Gasteiger partial charge in [-0.1, -0.05) is 18.2 Å². The van der Waals surface area contributed by atoms with Crippen molar-refractivity contribution in [2.24, 2.45) is 5.73 Å². The number of hydrogen-bond acceptors (Lipinski definition) is 3. The van der Waals surface area contributed by atoms with Gasteiger partial charge in [0.15, 0.2) is 0 Å². The van der Waals surface area contributed by atoms with Crippen molar-refractivity contribution >= 4 is 11.6 Å². The van der Waals surface area contributed by atoms with Gasteiger partial charge in [0.1, 0.15) is 6.04 Å². The molecule has 0 spiro atoms. The fourth-order valence-corrected chi connectivity index (χ4v) is 1.99. The van der Waals surface area contributed by atoms with Crippen LogP contribution >= 0.6 is 0 Å². The number of benzene rings is 1. The van der Waals surface area contributed by atoms with E-state index in [9.17, 15) is 4.79 Å². The topological polar surface area (TPSA) is 67.2 Å². The minimum Gasteiger partial charge on any atom is -0.330 e. The minimum atomic E-state index is -0.221. The van der Waals surface area contributed by atoms with Crippen molar-refractivity contribution < 1.29 is 4.79 Å². The van der Waals surface area contributed by atoms with Gasteiger partial charge in [0.2, 0.25) is 5.91 Å². The van der Waals surface area contributed by atoms with E-state index in [-0.39, 0.29) is 11.9 Å². The Kier molecular flexibility index (Phi) is 3.22. The van der Waals surface area contributed by atoms with Crippen LogP contribution in [0.4, 0.5) is 5.69 Å². The molecule has 0 radical (unpaired) electrons. The zero-order chi connectivity index (χ0) is 11.5. The molecule has 1 aromatic rings. The molecule has 1 aliphatic heterocycles. The van der Waals surface area contributed by atoms with E-state index in [0.717, 1.165) is 29.8 Å².